The van der Waals surface area contributed by atoms with Crippen LogP contribution in [0.5, 0.6) is 0 Å². The zero-order valence-corrected chi connectivity index (χ0v) is 12.3. The van der Waals surface area contributed by atoms with E-state index in [-0.39, 0.29) is 0 Å². The van der Waals surface area contributed by atoms with Crippen LogP contribution in [0.4, 0.5) is 0 Å². The molecule has 0 radical (unpaired) electrons. The van der Waals surface area contributed by atoms with Crippen molar-refractivity contribution in [2.45, 2.75) is 51.2 Å². The molecular formula is C17H24N2O. The van der Waals surface area contributed by atoms with Gasteiger partial charge in [-0.2, -0.15) is 0 Å². The predicted octanol–water partition coefficient (Wildman–Crippen LogP) is 2.79. The molecule has 0 saturated carbocycles. The van der Waals surface area contributed by atoms with Crippen LogP contribution in [0.1, 0.15) is 43.2 Å². The predicted molar refractivity (Wildman–Crippen MR) is 80.2 cm³/mol. The van der Waals surface area contributed by atoms with Crippen LogP contribution < -0.4 is 0 Å². The van der Waals surface area contributed by atoms with Gasteiger partial charge < -0.3 is 9.80 Å². The molecule has 3 nitrogen and oxygen atoms in total. The average molecular weight is 272 g/mol. The summed E-state index contributed by atoms with van der Waals surface area (Å²) in [4.78, 5) is 16.8. The molecule has 0 aliphatic carbocycles. The Bertz CT molecular complexity index is 461. The molecule has 0 bridgehead atoms. The summed E-state index contributed by atoms with van der Waals surface area (Å²) in [5.74, 6) is 0.320. The van der Waals surface area contributed by atoms with Crippen molar-refractivity contribution in [2.75, 3.05) is 13.6 Å². The van der Waals surface area contributed by atoms with E-state index in [1.807, 2.05) is 4.90 Å². The molecule has 3 rings (SSSR count). The highest BCUT2D eigenvalue weighted by molar-refractivity contribution is 5.77. The summed E-state index contributed by atoms with van der Waals surface area (Å²) in [6.07, 6.45) is 5.59. The molecule has 0 spiro atoms. The Kier molecular flexibility index (Phi) is 4.06. The summed E-state index contributed by atoms with van der Waals surface area (Å²) >= 11 is 0. The number of benzene rings is 1. The van der Waals surface area contributed by atoms with Crippen molar-refractivity contribution in [3.63, 3.8) is 0 Å². The van der Waals surface area contributed by atoms with Crippen LogP contribution >= 0.6 is 0 Å². The largest absolute Gasteiger partial charge is 0.334 e. The Balaban J connectivity index is 1.51. The normalized spacial score (nSPS) is 22.9. The molecule has 0 aromatic heterocycles. The van der Waals surface area contributed by atoms with E-state index in [0.29, 0.717) is 18.4 Å². The fourth-order valence-corrected chi connectivity index (χ4v) is 3.47. The number of hydrogen-bond donors (Lipinski definition) is 0. The van der Waals surface area contributed by atoms with E-state index in [9.17, 15) is 4.79 Å². The second-order valence-corrected chi connectivity index (χ2v) is 6.19. The average Bonchev–Trinajstić information content (AvgIpc) is 2.90. The molecule has 1 aromatic carbocycles. The highest BCUT2D eigenvalue weighted by Crippen LogP contribution is 2.24. The number of nitrogens with zero attached hydrogens (tertiary/aromatic N) is 2. The summed E-state index contributed by atoms with van der Waals surface area (Å²) in [5.41, 5.74) is 2.63. The van der Waals surface area contributed by atoms with Gasteiger partial charge in [0, 0.05) is 25.6 Å². The van der Waals surface area contributed by atoms with E-state index in [1.54, 1.807) is 0 Å². The first-order valence-corrected chi connectivity index (χ1v) is 7.79. The van der Waals surface area contributed by atoms with E-state index in [4.69, 9.17) is 0 Å². The highest BCUT2D eigenvalue weighted by Gasteiger charge is 2.25. The number of fused-ring (bicyclic) bond motifs is 1. The monoisotopic (exact) mass is 272 g/mol. The minimum Gasteiger partial charge on any atom is -0.334 e. The maximum absolute atomic E-state index is 12.4. The molecule has 1 fully saturated rings. The van der Waals surface area contributed by atoms with Crippen molar-refractivity contribution < 1.29 is 4.79 Å². The van der Waals surface area contributed by atoms with Gasteiger partial charge in [0.2, 0.25) is 5.91 Å². The topological polar surface area (TPSA) is 23.6 Å². The van der Waals surface area contributed by atoms with Gasteiger partial charge >= 0.3 is 0 Å². The van der Waals surface area contributed by atoms with Crippen LogP contribution in [-0.2, 0) is 17.9 Å². The highest BCUT2D eigenvalue weighted by atomic mass is 16.2. The van der Waals surface area contributed by atoms with Gasteiger partial charge in [0.05, 0.1) is 0 Å². The number of piperidine rings is 1. The first kappa shape index (κ1) is 13.6. The number of rotatable bonds is 3. The lowest BCUT2D eigenvalue weighted by molar-refractivity contribution is -0.132. The van der Waals surface area contributed by atoms with Crippen molar-refractivity contribution in [2.24, 2.45) is 0 Å². The van der Waals surface area contributed by atoms with Gasteiger partial charge in [-0.25, -0.2) is 0 Å². The Morgan fingerprint density at radius 3 is 2.55 bits per heavy atom. The van der Waals surface area contributed by atoms with Crippen LogP contribution in [0.2, 0.25) is 0 Å². The quantitative estimate of drug-likeness (QED) is 0.844. The first-order chi connectivity index (χ1) is 9.74. The fraction of sp³-hybridized carbons (Fsp3) is 0.588. The molecule has 3 heteroatoms. The summed E-state index contributed by atoms with van der Waals surface area (Å²) in [6, 6.07) is 9.00. The second kappa shape index (κ2) is 5.96. The maximum atomic E-state index is 12.4. The van der Waals surface area contributed by atoms with Gasteiger partial charge in [0.25, 0.3) is 0 Å². The second-order valence-electron chi connectivity index (χ2n) is 6.19. The molecular weight excluding hydrogens is 248 g/mol. The van der Waals surface area contributed by atoms with Crippen LogP contribution in [0.3, 0.4) is 0 Å². The van der Waals surface area contributed by atoms with Gasteiger partial charge in [0.1, 0.15) is 0 Å². The van der Waals surface area contributed by atoms with Crippen molar-refractivity contribution in [3.8, 4) is 0 Å². The van der Waals surface area contributed by atoms with Crippen LogP contribution in [-0.4, -0.2) is 35.3 Å². The van der Waals surface area contributed by atoms with Gasteiger partial charge in [-0.15, -0.1) is 0 Å². The molecule has 20 heavy (non-hydrogen) atoms. The van der Waals surface area contributed by atoms with Gasteiger partial charge in [-0.3, -0.25) is 4.79 Å². The van der Waals surface area contributed by atoms with Crippen molar-refractivity contribution >= 4 is 5.91 Å². The van der Waals surface area contributed by atoms with Gasteiger partial charge in [-0.05, 0) is 44.0 Å². The molecule has 0 N–H and O–H groups in total. The fourth-order valence-electron chi connectivity index (χ4n) is 3.47. The zero-order chi connectivity index (χ0) is 13.9. The Labute approximate surface area is 121 Å². The lowest BCUT2D eigenvalue weighted by Crippen LogP contribution is -2.37. The lowest BCUT2D eigenvalue weighted by Gasteiger charge is -2.32. The Morgan fingerprint density at radius 2 is 1.90 bits per heavy atom. The van der Waals surface area contributed by atoms with Crippen molar-refractivity contribution in [1.82, 2.24) is 9.80 Å². The molecule has 1 amide bonds. The first-order valence-electron chi connectivity index (χ1n) is 7.79. The van der Waals surface area contributed by atoms with Crippen molar-refractivity contribution in [1.29, 1.82) is 0 Å². The number of amides is 1. The molecule has 2 aliphatic heterocycles. The molecule has 1 aromatic rings. The van der Waals surface area contributed by atoms with E-state index in [0.717, 1.165) is 19.5 Å². The Morgan fingerprint density at radius 1 is 1.20 bits per heavy atom. The van der Waals surface area contributed by atoms with Gasteiger partial charge in [0.15, 0.2) is 0 Å². The van der Waals surface area contributed by atoms with E-state index >= 15 is 0 Å². The molecule has 1 saturated heterocycles. The summed E-state index contributed by atoms with van der Waals surface area (Å²) in [5, 5.41) is 0. The number of carbonyl (C=O) groups excluding carboxylic acids is 1. The van der Waals surface area contributed by atoms with E-state index in [1.165, 1.54) is 36.9 Å². The lowest BCUT2D eigenvalue weighted by atomic mass is 9.98. The molecule has 2 aliphatic rings. The third kappa shape index (κ3) is 2.88. The van der Waals surface area contributed by atoms with Crippen molar-refractivity contribution in [3.05, 3.63) is 35.4 Å². The van der Waals surface area contributed by atoms with Crippen LogP contribution in [0.25, 0.3) is 0 Å². The van der Waals surface area contributed by atoms with Crippen LogP contribution in [0.15, 0.2) is 24.3 Å². The third-order valence-corrected chi connectivity index (χ3v) is 4.81. The standard InChI is InChI=1S/C17H24N2O/c1-18-11-5-4-8-16(18)9-10-17(20)19-12-14-6-2-3-7-15(14)13-19/h2-3,6-7,16H,4-5,8-13H2,1H3/t16-/m0/s1. The Hall–Kier alpha value is -1.35. The number of carbonyl (C=O) groups is 1. The van der Waals surface area contributed by atoms with Gasteiger partial charge in [-0.1, -0.05) is 30.7 Å². The summed E-state index contributed by atoms with van der Waals surface area (Å²) in [7, 11) is 2.19. The molecule has 0 unspecified atom stereocenters. The minimum absolute atomic E-state index is 0.320. The third-order valence-electron chi connectivity index (χ3n) is 4.81. The number of likely N-dealkylation sites (tertiary alicyclic amines) is 1. The smallest absolute Gasteiger partial charge is 0.223 e. The molecule has 108 valence electrons. The van der Waals surface area contributed by atoms with Crippen LogP contribution in [0, 0.1) is 0 Å². The maximum Gasteiger partial charge on any atom is 0.223 e. The van der Waals surface area contributed by atoms with E-state index < -0.39 is 0 Å². The van der Waals surface area contributed by atoms with E-state index in [2.05, 4.69) is 36.2 Å². The summed E-state index contributed by atoms with van der Waals surface area (Å²) < 4.78 is 0. The SMILES string of the molecule is CN1CCCC[C@H]1CCC(=O)N1Cc2ccccc2C1. The molecule has 2 heterocycles. The number of hydrogen-bond acceptors (Lipinski definition) is 2. The zero-order valence-electron chi connectivity index (χ0n) is 12.3. The summed E-state index contributed by atoms with van der Waals surface area (Å²) in [6.45, 7) is 2.79. The molecule has 1 atom stereocenters. The minimum atomic E-state index is 0.320.